The third-order valence-electron chi connectivity index (χ3n) is 2.20. The van der Waals surface area contributed by atoms with E-state index in [1.165, 1.54) is 6.42 Å². The molecule has 1 N–H and O–H groups in total. The Bertz CT molecular complexity index is 276. The number of aryl methyl sites for hydroxylation is 1. The third kappa shape index (κ3) is 5.23. The van der Waals surface area contributed by atoms with Crippen LogP contribution in [0.2, 0.25) is 0 Å². The lowest BCUT2D eigenvalue weighted by Crippen LogP contribution is -2.16. The Kier molecular flexibility index (Phi) is 6.76. The maximum Gasteiger partial charge on any atom is 0.218 e. The van der Waals surface area contributed by atoms with Crippen molar-refractivity contribution in [3.63, 3.8) is 0 Å². The summed E-state index contributed by atoms with van der Waals surface area (Å²) < 4.78 is 10.4. The van der Waals surface area contributed by atoms with Gasteiger partial charge in [0.05, 0.1) is 6.61 Å². The first-order chi connectivity index (χ1) is 7.86. The van der Waals surface area contributed by atoms with E-state index in [-0.39, 0.29) is 0 Å². The second kappa shape index (κ2) is 8.24. The number of nitrogens with one attached hydrogen (secondary N) is 1. The lowest BCUT2D eigenvalue weighted by molar-refractivity contribution is 0.194. The highest BCUT2D eigenvalue weighted by Crippen LogP contribution is 2.03. The van der Waals surface area contributed by atoms with Crippen molar-refractivity contribution in [1.29, 1.82) is 0 Å². The van der Waals surface area contributed by atoms with Gasteiger partial charge in [0.1, 0.15) is 0 Å². The minimum Gasteiger partial charge on any atom is -0.425 e. The predicted molar refractivity (Wildman–Crippen MR) is 61.4 cm³/mol. The lowest BCUT2D eigenvalue weighted by Gasteiger charge is -1.99. The fraction of sp³-hybridized carbons (Fsp3) is 0.818. The molecule has 0 radical (unpaired) electrons. The molecule has 0 amide bonds. The van der Waals surface area contributed by atoms with Crippen molar-refractivity contribution in [1.82, 2.24) is 15.5 Å². The first-order valence-electron chi connectivity index (χ1n) is 5.87. The van der Waals surface area contributed by atoms with Gasteiger partial charge >= 0.3 is 0 Å². The highest BCUT2D eigenvalue weighted by molar-refractivity contribution is 4.82. The molecule has 0 aliphatic heterocycles. The standard InChI is InChI=1S/C11H21N3O2/c1-3-7-12-8-4-5-10-13-14-11(16-10)6-9-15-2/h12H,3-9H2,1-2H3. The molecule has 0 spiro atoms. The van der Waals surface area contributed by atoms with Crippen molar-refractivity contribution in [2.24, 2.45) is 0 Å². The summed E-state index contributed by atoms with van der Waals surface area (Å²) in [5.74, 6) is 1.39. The topological polar surface area (TPSA) is 60.2 Å². The van der Waals surface area contributed by atoms with Crippen LogP contribution in [0, 0.1) is 0 Å². The molecule has 0 saturated carbocycles. The van der Waals surface area contributed by atoms with E-state index in [0.717, 1.165) is 31.8 Å². The number of hydrogen-bond acceptors (Lipinski definition) is 5. The van der Waals surface area contributed by atoms with Crippen molar-refractivity contribution >= 4 is 0 Å². The van der Waals surface area contributed by atoms with Crippen molar-refractivity contribution in [3.8, 4) is 0 Å². The smallest absolute Gasteiger partial charge is 0.218 e. The minimum absolute atomic E-state index is 0.625. The molecule has 5 heteroatoms. The Morgan fingerprint density at radius 2 is 1.94 bits per heavy atom. The molecule has 92 valence electrons. The molecule has 0 fully saturated rings. The van der Waals surface area contributed by atoms with Crippen LogP contribution < -0.4 is 5.32 Å². The van der Waals surface area contributed by atoms with Crippen molar-refractivity contribution in [2.75, 3.05) is 26.8 Å². The van der Waals surface area contributed by atoms with Crippen LogP contribution in [0.15, 0.2) is 4.42 Å². The van der Waals surface area contributed by atoms with Crippen LogP contribution in [0.4, 0.5) is 0 Å². The molecule has 0 aromatic carbocycles. The van der Waals surface area contributed by atoms with Gasteiger partial charge in [-0.3, -0.25) is 0 Å². The van der Waals surface area contributed by atoms with E-state index in [4.69, 9.17) is 9.15 Å². The Hall–Kier alpha value is -0.940. The summed E-state index contributed by atoms with van der Waals surface area (Å²) in [6.45, 7) is 4.86. The van der Waals surface area contributed by atoms with Gasteiger partial charge in [0.2, 0.25) is 11.8 Å². The van der Waals surface area contributed by atoms with Gasteiger partial charge in [-0.15, -0.1) is 10.2 Å². The number of aromatic nitrogens is 2. The van der Waals surface area contributed by atoms with E-state index in [1.807, 2.05) is 0 Å². The van der Waals surface area contributed by atoms with Gasteiger partial charge in [-0.1, -0.05) is 6.92 Å². The fourth-order valence-corrected chi connectivity index (χ4v) is 1.35. The molecule has 0 atom stereocenters. The van der Waals surface area contributed by atoms with Crippen molar-refractivity contribution in [3.05, 3.63) is 11.8 Å². The van der Waals surface area contributed by atoms with E-state index in [2.05, 4.69) is 22.4 Å². The average Bonchev–Trinajstić information content (AvgIpc) is 2.74. The highest BCUT2D eigenvalue weighted by atomic mass is 16.5. The van der Waals surface area contributed by atoms with Gasteiger partial charge in [-0.2, -0.15) is 0 Å². The molecule has 1 heterocycles. The average molecular weight is 227 g/mol. The van der Waals surface area contributed by atoms with Crippen molar-refractivity contribution in [2.45, 2.75) is 32.6 Å². The van der Waals surface area contributed by atoms with E-state index in [1.54, 1.807) is 7.11 Å². The van der Waals surface area contributed by atoms with Crippen molar-refractivity contribution < 1.29 is 9.15 Å². The molecular formula is C11H21N3O2. The molecule has 0 unspecified atom stereocenters. The number of ether oxygens (including phenoxy) is 1. The number of hydrogen-bond donors (Lipinski definition) is 1. The Balaban J connectivity index is 2.14. The van der Waals surface area contributed by atoms with Crippen LogP contribution in [0.1, 0.15) is 31.5 Å². The van der Waals surface area contributed by atoms with Crippen LogP contribution in [-0.2, 0) is 17.6 Å². The van der Waals surface area contributed by atoms with Gasteiger partial charge < -0.3 is 14.5 Å². The Morgan fingerprint density at radius 1 is 1.19 bits per heavy atom. The molecule has 0 aliphatic carbocycles. The monoisotopic (exact) mass is 227 g/mol. The van der Waals surface area contributed by atoms with Crippen LogP contribution >= 0.6 is 0 Å². The van der Waals surface area contributed by atoms with Crippen LogP contribution in [0.3, 0.4) is 0 Å². The van der Waals surface area contributed by atoms with Crippen LogP contribution in [0.25, 0.3) is 0 Å². The second-order valence-electron chi connectivity index (χ2n) is 3.69. The van der Waals surface area contributed by atoms with E-state index >= 15 is 0 Å². The lowest BCUT2D eigenvalue weighted by atomic mass is 10.3. The zero-order valence-electron chi connectivity index (χ0n) is 10.2. The maximum absolute atomic E-state index is 5.46. The Morgan fingerprint density at radius 3 is 2.62 bits per heavy atom. The molecular weight excluding hydrogens is 206 g/mol. The summed E-state index contributed by atoms with van der Waals surface area (Å²) in [6.07, 6.45) is 3.74. The van der Waals surface area contributed by atoms with Crippen LogP contribution in [-0.4, -0.2) is 37.0 Å². The van der Waals surface area contributed by atoms with Gasteiger partial charge in [0.25, 0.3) is 0 Å². The summed E-state index contributed by atoms with van der Waals surface area (Å²) >= 11 is 0. The Labute approximate surface area is 96.6 Å². The molecule has 1 aromatic rings. The molecule has 1 rings (SSSR count). The minimum atomic E-state index is 0.625. The van der Waals surface area contributed by atoms with Gasteiger partial charge in [0.15, 0.2) is 0 Å². The molecule has 1 aromatic heterocycles. The van der Waals surface area contributed by atoms with E-state index < -0.39 is 0 Å². The number of methoxy groups -OCH3 is 1. The fourth-order valence-electron chi connectivity index (χ4n) is 1.35. The first kappa shape index (κ1) is 13.1. The quantitative estimate of drug-likeness (QED) is 0.642. The highest BCUT2D eigenvalue weighted by Gasteiger charge is 2.04. The zero-order chi connectivity index (χ0) is 11.6. The molecule has 0 saturated heterocycles. The molecule has 16 heavy (non-hydrogen) atoms. The zero-order valence-corrected chi connectivity index (χ0v) is 10.2. The first-order valence-corrected chi connectivity index (χ1v) is 5.87. The third-order valence-corrected chi connectivity index (χ3v) is 2.20. The molecule has 0 aliphatic rings. The van der Waals surface area contributed by atoms with Gasteiger partial charge in [0, 0.05) is 20.0 Å². The summed E-state index contributed by atoms with van der Waals surface area (Å²) in [4.78, 5) is 0. The SMILES string of the molecule is CCCNCCCc1nnc(CCOC)o1. The normalized spacial score (nSPS) is 10.9. The second-order valence-corrected chi connectivity index (χ2v) is 3.69. The molecule has 5 nitrogen and oxygen atoms in total. The predicted octanol–water partition coefficient (Wildman–Crippen LogP) is 1.19. The van der Waals surface area contributed by atoms with E-state index in [9.17, 15) is 0 Å². The number of rotatable bonds is 9. The number of nitrogens with zero attached hydrogens (tertiary/aromatic N) is 2. The largest absolute Gasteiger partial charge is 0.425 e. The van der Waals surface area contributed by atoms with Gasteiger partial charge in [-0.25, -0.2) is 0 Å². The summed E-state index contributed by atoms with van der Waals surface area (Å²) in [5.41, 5.74) is 0. The summed E-state index contributed by atoms with van der Waals surface area (Å²) in [7, 11) is 1.66. The summed E-state index contributed by atoms with van der Waals surface area (Å²) in [5, 5.41) is 11.3. The molecule has 0 bridgehead atoms. The van der Waals surface area contributed by atoms with Gasteiger partial charge in [-0.05, 0) is 25.9 Å². The summed E-state index contributed by atoms with van der Waals surface area (Å²) in [6, 6.07) is 0. The maximum atomic E-state index is 5.46. The van der Waals surface area contributed by atoms with E-state index in [0.29, 0.717) is 18.9 Å². The van der Waals surface area contributed by atoms with Crippen LogP contribution in [0.5, 0.6) is 0 Å².